The highest BCUT2D eigenvalue weighted by atomic mass is 16.5. The second kappa shape index (κ2) is 6.23. The van der Waals surface area contributed by atoms with Crippen LogP contribution in [0.5, 0.6) is 0 Å². The van der Waals surface area contributed by atoms with Crippen molar-refractivity contribution in [1.82, 2.24) is 10.3 Å². The third-order valence-corrected chi connectivity index (χ3v) is 2.49. The molecule has 0 spiro atoms. The molecule has 88 valence electrons. The maximum Gasteiger partial charge on any atom is 0.339 e. The van der Waals surface area contributed by atoms with Crippen molar-refractivity contribution in [3.63, 3.8) is 0 Å². The Morgan fingerprint density at radius 3 is 2.81 bits per heavy atom. The molecule has 0 saturated carbocycles. The highest BCUT2D eigenvalue weighted by molar-refractivity contribution is 5.88. The topological polar surface area (TPSA) is 51.2 Å². The van der Waals surface area contributed by atoms with Crippen molar-refractivity contribution in [2.75, 3.05) is 7.11 Å². The Balaban J connectivity index is 2.54. The van der Waals surface area contributed by atoms with E-state index in [9.17, 15) is 4.79 Å². The predicted molar refractivity (Wildman–Crippen MR) is 62.2 cm³/mol. The number of methoxy groups -OCH3 is 1. The van der Waals surface area contributed by atoms with Gasteiger partial charge < -0.3 is 10.1 Å². The van der Waals surface area contributed by atoms with Crippen LogP contribution in [-0.4, -0.2) is 24.1 Å². The fraction of sp³-hybridized carbons (Fsp3) is 0.500. The van der Waals surface area contributed by atoms with Crippen LogP contribution < -0.4 is 5.32 Å². The number of aromatic nitrogens is 1. The molecule has 1 rings (SSSR count). The zero-order chi connectivity index (χ0) is 12.0. The maximum atomic E-state index is 11.2. The Kier molecular flexibility index (Phi) is 4.92. The summed E-state index contributed by atoms with van der Waals surface area (Å²) in [5.41, 5.74) is 1.41. The second-order valence-electron chi connectivity index (χ2n) is 3.72. The standard InChI is InChI=1S/C12H18N2O2/c1-4-9(2)13-8-11-6-5-10(7-14-11)12(15)16-3/h5-7,9,13H,4,8H2,1-3H3. The van der Waals surface area contributed by atoms with Gasteiger partial charge in [-0.2, -0.15) is 0 Å². The Morgan fingerprint density at radius 1 is 1.56 bits per heavy atom. The van der Waals surface area contributed by atoms with Crippen molar-refractivity contribution in [2.45, 2.75) is 32.9 Å². The van der Waals surface area contributed by atoms with Crippen molar-refractivity contribution >= 4 is 5.97 Å². The fourth-order valence-electron chi connectivity index (χ4n) is 1.19. The van der Waals surface area contributed by atoms with Gasteiger partial charge in [-0.05, 0) is 25.5 Å². The lowest BCUT2D eigenvalue weighted by Crippen LogP contribution is -2.24. The summed E-state index contributed by atoms with van der Waals surface area (Å²) in [7, 11) is 1.36. The number of nitrogens with one attached hydrogen (secondary N) is 1. The van der Waals surface area contributed by atoms with Crippen LogP contribution in [0.25, 0.3) is 0 Å². The molecule has 0 aliphatic carbocycles. The van der Waals surface area contributed by atoms with Gasteiger partial charge in [0.05, 0.1) is 18.4 Å². The molecular formula is C12H18N2O2. The number of esters is 1. The number of carbonyl (C=O) groups is 1. The van der Waals surface area contributed by atoms with E-state index in [4.69, 9.17) is 0 Å². The van der Waals surface area contributed by atoms with Gasteiger partial charge in [-0.1, -0.05) is 6.92 Å². The third kappa shape index (κ3) is 3.62. The lowest BCUT2D eigenvalue weighted by atomic mass is 10.2. The summed E-state index contributed by atoms with van der Waals surface area (Å²) in [6.07, 6.45) is 2.62. The molecule has 0 bridgehead atoms. The summed E-state index contributed by atoms with van der Waals surface area (Å²) in [4.78, 5) is 15.3. The number of hydrogen-bond acceptors (Lipinski definition) is 4. The van der Waals surface area contributed by atoms with E-state index in [1.165, 1.54) is 7.11 Å². The van der Waals surface area contributed by atoms with E-state index in [2.05, 4.69) is 28.9 Å². The van der Waals surface area contributed by atoms with Gasteiger partial charge in [0.2, 0.25) is 0 Å². The molecule has 16 heavy (non-hydrogen) atoms. The predicted octanol–water partition coefficient (Wildman–Crippen LogP) is 1.76. The molecule has 1 atom stereocenters. The minimum absolute atomic E-state index is 0.353. The first-order valence-corrected chi connectivity index (χ1v) is 5.44. The van der Waals surface area contributed by atoms with E-state index in [-0.39, 0.29) is 5.97 Å². The molecule has 0 aromatic carbocycles. The number of pyridine rings is 1. The second-order valence-corrected chi connectivity index (χ2v) is 3.72. The molecule has 1 aromatic heterocycles. The molecule has 1 unspecified atom stereocenters. The summed E-state index contributed by atoms with van der Waals surface area (Å²) < 4.78 is 4.60. The van der Waals surface area contributed by atoms with Crippen molar-refractivity contribution in [2.24, 2.45) is 0 Å². The molecular weight excluding hydrogens is 204 g/mol. The van der Waals surface area contributed by atoms with Gasteiger partial charge in [-0.25, -0.2) is 4.79 Å². The van der Waals surface area contributed by atoms with Gasteiger partial charge in [0.15, 0.2) is 0 Å². The fourth-order valence-corrected chi connectivity index (χ4v) is 1.19. The Bertz CT molecular complexity index is 335. The highest BCUT2D eigenvalue weighted by Gasteiger charge is 2.05. The number of nitrogens with zero attached hydrogens (tertiary/aromatic N) is 1. The smallest absolute Gasteiger partial charge is 0.339 e. The van der Waals surface area contributed by atoms with Gasteiger partial charge in [0.25, 0.3) is 0 Å². The van der Waals surface area contributed by atoms with E-state index in [1.54, 1.807) is 12.3 Å². The first-order valence-electron chi connectivity index (χ1n) is 5.44. The van der Waals surface area contributed by atoms with E-state index < -0.39 is 0 Å². The quantitative estimate of drug-likeness (QED) is 0.771. The van der Waals surface area contributed by atoms with Crippen LogP contribution in [0.3, 0.4) is 0 Å². The lowest BCUT2D eigenvalue weighted by molar-refractivity contribution is 0.0600. The molecule has 1 heterocycles. The molecule has 0 aliphatic rings. The number of carbonyl (C=O) groups excluding carboxylic acids is 1. The molecule has 1 aromatic rings. The van der Waals surface area contributed by atoms with Gasteiger partial charge in [-0.15, -0.1) is 0 Å². The zero-order valence-corrected chi connectivity index (χ0v) is 9.99. The van der Waals surface area contributed by atoms with Gasteiger partial charge in [0.1, 0.15) is 0 Å². The average molecular weight is 222 g/mol. The average Bonchev–Trinajstić information content (AvgIpc) is 2.35. The molecule has 0 radical (unpaired) electrons. The third-order valence-electron chi connectivity index (χ3n) is 2.49. The van der Waals surface area contributed by atoms with Crippen molar-refractivity contribution < 1.29 is 9.53 Å². The minimum atomic E-state index is -0.353. The SMILES string of the molecule is CCC(C)NCc1ccc(C(=O)OC)cn1. The van der Waals surface area contributed by atoms with Crippen LogP contribution in [0.15, 0.2) is 18.3 Å². The van der Waals surface area contributed by atoms with E-state index in [1.807, 2.05) is 6.07 Å². The Hall–Kier alpha value is -1.42. The van der Waals surface area contributed by atoms with Crippen molar-refractivity contribution in [3.8, 4) is 0 Å². The summed E-state index contributed by atoms with van der Waals surface area (Å²) in [5.74, 6) is -0.353. The van der Waals surface area contributed by atoms with E-state index >= 15 is 0 Å². The van der Waals surface area contributed by atoms with Crippen molar-refractivity contribution in [3.05, 3.63) is 29.6 Å². The van der Waals surface area contributed by atoms with Gasteiger partial charge >= 0.3 is 5.97 Å². The largest absolute Gasteiger partial charge is 0.465 e. The van der Waals surface area contributed by atoms with Crippen LogP contribution >= 0.6 is 0 Å². The molecule has 0 saturated heterocycles. The van der Waals surface area contributed by atoms with Gasteiger partial charge in [0, 0.05) is 18.8 Å². The zero-order valence-electron chi connectivity index (χ0n) is 9.99. The van der Waals surface area contributed by atoms with Crippen LogP contribution in [0, 0.1) is 0 Å². The van der Waals surface area contributed by atoms with Crippen LogP contribution in [0.2, 0.25) is 0 Å². The van der Waals surface area contributed by atoms with E-state index in [0.29, 0.717) is 11.6 Å². The Labute approximate surface area is 96.0 Å². The minimum Gasteiger partial charge on any atom is -0.465 e. The molecule has 0 fully saturated rings. The number of ether oxygens (including phenoxy) is 1. The van der Waals surface area contributed by atoms with Crippen LogP contribution in [0.4, 0.5) is 0 Å². The first-order chi connectivity index (χ1) is 7.67. The monoisotopic (exact) mass is 222 g/mol. The highest BCUT2D eigenvalue weighted by Crippen LogP contribution is 2.02. The summed E-state index contributed by atoms with van der Waals surface area (Å²) in [6, 6.07) is 4.04. The summed E-state index contributed by atoms with van der Waals surface area (Å²) in [5, 5.41) is 3.33. The summed E-state index contributed by atoms with van der Waals surface area (Å²) >= 11 is 0. The summed E-state index contributed by atoms with van der Waals surface area (Å²) in [6.45, 7) is 4.98. The van der Waals surface area contributed by atoms with Crippen molar-refractivity contribution in [1.29, 1.82) is 0 Å². The normalized spacial score (nSPS) is 12.2. The molecule has 4 heteroatoms. The molecule has 0 amide bonds. The molecule has 4 nitrogen and oxygen atoms in total. The molecule has 0 aliphatic heterocycles. The number of hydrogen-bond donors (Lipinski definition) is 1. The van der Waals surface area contributed by atoms with Crippen LogP contribution in [0.1, 0.15) is 36.3 Å². The lowest BCUT2D eigenvalue weighted by Gasteiger charge is -2.10. The number of rotatable bonds is 5. The van der Waals surface area contributed by atoms with Gasteiger partial charge in [-0.3, -0.25) is 4.98 Å². The van der Waals surface area contributed by atoms with E-state index in [0.717, 1.165) is 18.7 Å². The van der Waals surface area contributed by atoms with Crippen LogP contribution in [-0.2, 0) is 11.3 Å². The first kappa shape index (κ1) is 12.6. The molecule has 1 N–H and O–H groups in total. The Morgan fingerprint density at radius 2 is 2.31 bits per heavy atom. The maximum absolute atomic E-state index is 11.2.